The monoisotopic (exact) mass is 361 g/mol. The van der Waals surface area contributed by atoms with Gasteiger partial charge in [-0.3, -0.25) is 4.79 Å². The second-order valence-electron chi connectivity index (χ2n) is 5.70. The van der Waals surface area contributed by atoms with Crippen molar-refractivity contribution in [1.29, 1.82) is 0 Å². The molecule has 3 N–H and O–H groups in total. The molecule has 1 amide bonds. The van der Waals surface area contributed by atoms with Crippen LogP contribution in [0.5, 0.6) is 0 Å². The standard InChI is InChI=1S/C15H23N3O3S.ClH/c1-10-9-12(7-8-17-10)15(19)18-13-5-4-6-14(11(13)2)22(20,21)16-3;/h4-6,10,12,16-17H,7-9H2,1-3H3,(H,18,19);1H/t10-,12-;/m0./s1. The lowest BCUT2D eigenvalue weighted by molar-refractivity contribution is -0.120. The van der Waals surface area contributed by atoms with E-state index < -0.39 is 10.0 Å². The van der Waals surface area contributed by atoms with Crippen LogP contribution in [-0.2, 0) is 14.8 Å². The van der Waals surface area contributed by atoms with E-state index in [9.17, 15) is 13.2 Å². The molecule has 0 bridgehead atoms. The van der Waals surface area contributed by atoms with E-state index in [0.717, 1.165) is 19.4 Å². The van der Waals surface area contributed by atoms with Crippen molar-refractivity contribution in [3.8, 4) is 0 Å². The van der Waals surface area contributed by atoms with Gasteiger partial charge in [0.2, 0.25) is 15.9 Å². The van der Waals surface area contributed by atoms with E-state index in [1.54, 1.807) is 19.1 Å². The lowest BCUT2D eigenvalue weighted by atomic mass is 9.92. The van der Waals surface area contributed by atoms with Crippen LogP contribution in [0.1, 0.15) is 25.3 Å². The minimum atomic E-state index is -3.53. The summed E-state index contributed by atoms with van der Waals surface area (Å²) in [6.45, 7) is 4.59. The summed E-state index contributed by atoms with van der Waals surface area (Å²) in [5.41, 5.74) is 1.10. The second-order valence-corrected chi connectivity index (χ2v) is 7.56. The van der Waals surface area contributed by atoms with Crippen molar-refractivity contribution >= 4 is 34.0 Å². The molecule has 1 heterocycles. The SMILES string of the molecule is CNS(=O)(=O)c1cccc(NC(=O)[C@H]2CCN[C@@H](C)C2)c1C.Cl. The maximum Gasteiger partial charge on any atom is 0.240 e. The molecular weight excluding hydrogens is 338 g/mol. The molecule has 23 heavy (non-hydrogen) atoms. The Balaban J connectivity index is 0.00000264. The van der Waals surface area contributed by atoms with E-state index in [4.69, 9.17) is 0 Å². The van der Waals surface area contributed by atoms with Gasteiger partial charge in [-0.15, -0.1) is 12.4 Å². The van der Waals surface area contributed by atoms with Crippen LogP contribution in [0.3, 0.4) is 0 Å². The first kappa shape index (κ1) is 19.9. The highest BCUT2D eigenvalue weighted by atomic mass is 35.5. The number of hydrogen-bond donors (Lipinski definition) is 3. The summed E-state index contributed by atoms with van der Waals surface area (Å²) < 4.78 is 26.2. The summed E-state index contributed by atoms with van der Waals surface area (Å²) >= 11 is 0. The van der Waals surface area contributed by atoms with Crippen LogP contribution in [0, 0.1) is 12.8 Å². The number of rotatable bonds is 4. The van der Waals surface area contributed by atoms with Gasteiger partial charge in [-0.2, -0.15) is 0 Å². The van der Waals surface area contributed by atoms with Crippen molar-refractivity contribution < 1.29 is 13.2 Å². The Kier molecular flexibility index (Phi) is 7.01. The predicted octanol–water partition coefficient (Wildman–Crippen LogP) is 1.65. The maximum atomic E-state index is 12.4. The zero-order chi connectivity index (χ0) is 16.3. The van der Waals surface area contributed by atoms with Crippen molar-refractivity contribution in [1.82, 2.24) is 10.0 Å². The molecule has 0 spiro atoms. The van der Waals surface area contributed by atoms with Gasteiger partial charge in [0.25, 0.3) is 0 Å². The molecule has 1 aromatic carbocycles. The van der Waals surface area contributed by atoms with Gasteiger partial charge in [-0.25, -0.2) is 13.1 Å². The number of sulfonamides is 1. The summed E-state index contributed by atoms with van der Waals surface area (Å²) in [5.74, 6) is -0.0873. The number of nitrogens with one attached hydrogen (secondary N) is 3. The normalized spacial score (nSPS) is 21.3. The molecule has 0 aromatic heterocycles. The first-order chi connectivity index (χ1) is 10.3. The fraction of sp³-hybridized carbons (Fsp3) is 0.533. The number of anilines is 1. The van der Waals surface area contributed by atoms with Gasteiger partial charge >= 0.3 is 0 Å². The predicted molar refractivity (Wildman–Crippen MR) is 93.5 cm³/mol. The number of hydrogen-bond acceptors (Lipinski definition) is 4. The number of benzene rings is 1. The summed E-state index contributed by atoms with van der Waals surface area (Å²) in [4.78, 5) is 12.6. The van der Waals surface area contributed by atoms with Crippen molar-refractivity contribution in [2.45, 2.75) is 37.6 Å². The molecule has 8 heteroatoms. The largest absolute Gasteiger partial charge is 0.326 e. The van der Waals surface area contributed by atoms with E-state index in [0.29, 0.717) is 17.3 Å². The summed E-state index contributed by atoms with van der Waals surface area (Å²) in [7, 11) is -2.16. The van der Waals surface area contributed by atoms with Gasteiger partial charge in [-0.05, 0) is 58.0 Å². The number of amides is 1. The first-order valence-electron chi connectivity index (χ1n) is 7.42. The molecule has 1 aliphatic rings. The zero-order valence-electron chi connectivity index (χ0n) is 13.5. The molecule has 1 aromatic rings. The van der Waals surface area contributed by atoms with Crippen molar-refractivity contribution in [2.75, 3.05) is 18.9 Å². The Bertz CT molecular complexity index is 664. The van der Waals surface area contributed by atoms with Gasteiger partial charge in [0, 0.05) is 17.6 Å². The van der Waals surface area contributed by atoms with Crippen LogP contribution in [-0.4, -0.2) is 34.0 Å². The van der Waals surface area contributed by atoms with E-state index >= 15 is 0 Å². The molecule has 0 unspecified atom stereocenters. The smallest absolute Gasteiger partial charge is 0.240 e. The van der Waals surface area contributed by atoms with Crippen LogP contribution in [0.15, 0.2) is 23.1 Å². The summed E-state index contributed by atoms with van der Waals surface area (Å²) in [6.07, 6.45) is 1.59. The van der Waals surface area contributed by atoms with Gasteiger partial charge in [-0.1, -0.05) is 6.07 Å². The average molecular weight is 362 g/mol. The average Bonchev–Trinajstić information content (AvgIpc) is 2.49. The molecule has 1 saturated heterocycles. The first-order valence-corrected chi connectivity index (χ1v) is 8.91. The van der Waals surface area contributed by atoms with Crippen molar-refractivity contribution in [3.05, 3.63) is 23.8 Å². The third-order valence-corrected chi connectivity index (χ3v) is 5.65. The van der Waals surface area contributed by atoms with Crippen LogP contribution in [0.4, 0.5) is 5.69 Å². The molecule has 2 rings (SSSR count). The van der Waals surface area contributed by atoms with Crippen LogP contribution >= 0.6 is 12.4 Å². The summed E-state index contributed by atoms with van der Waals surface area (Å²) in [5, 5.41) is 6.19. The number of halogens is 1. The minimum Gasteiger partial charge on any atom is -0.326 e. The number of piperidine rings is 1. The zero-order valence-corrected chi connectivity index (χ0v) is 15.2. The topological polar surface area (TPSA) is 87.3 Å². The molecule has 1 fully saturated rings. The molecule has 0 aliphatic carbocycles. The Morgan fingerprint density at radius 3 is 2.65 bits per heavy atom. The van der Waals surface area contributed by atoms with Crippen LogP contribution in [0.2, 0.25) is 0 Å². The third kappa shape index (κ3) is 4.67. The van der Waals surface area contributed by atoms with Gasteiger partial charge in [0.1, 0.15) is 0 Å². The van der Waals surface area contributed by atoms with Gasteiger partial charge in [0.05, 0.1) is 4.90 Å². The Morgan fingerprint density at radius 2 is 2.04 bits per heavy atom. The Labute approximate surface area is 143 Å². The van der Waals surface area contributed by atoms with E-state index in [-0.39, 0.29) is 29.1 Å². The molecular formula is C15H24ClN3O3S. The molecule has 1 aliphatic heterocycles. The fourth-order valence-electron chi connectivity index (χ4n) is 2.76. The van der Waals surface area contributed by atoms with Gasteiger partial charge < -0.3 is 10.6 Å². The highest BCUT2D eigenvalue weighted by Gasteiger charge is 2.25. The third-order valence-electron chi connectivity index (χ3n) is 4.09. The maximum absolute atomic E-state index is 12.4. The van der Waals surface area contributed by atoms with E-state index in [2.05, 4.69) is 22.3 Å². The Hall–Kier alpha value is -1.15. The molecule has 2 atom stereocenters. The molecule has 6 nitrogen and oxygen atoms in total. The number of carbonyl (C=O) groups excluding carboxylic acids is 1. The molecule has 0 radical (unpaired) electrons. The highest BCUT2D eigenvalue weighted by Crippen LogP contribution is 2.25. The Morgan fingerprint density at radius 1 is 1.35 bits per heavy atom. The molecule has 0 saturated carbocycles. The highest BCUT2D eigenvalue weighted by molar-refractivity contribution is 7.89. The lowest BCUT2D eigenvalue weighted by Gasteiger charge is -2.27. The quantitative estimate of drug-likeness (QED) is 0.761. The van der Waals surface area contributed by atoms with E-state index in [1.165, 1.54) is 13.1 Å². The van der Waals surface area contributed by atoms with Crippen LogP contribution in [0.25, 0.3) is 0 Å². The van der Waals surface area contributed by atoms with Crippen molar-refractivity contribution in [2.24, 2.45) is 5.92 Å². The second kappa shape index (κ2) is 8.10. The van der Waals surface area contributed by atoms with Crippen LogP contribution < -0.4 is 15.4 Å². The fourth-order valence-corrected chi connectivity index (χ4v) is 3.75. The number of carbonyl (C=O) groups is 1. The van der Waals surface area contributed by atoms with Gasteiger partial charge in [0.15, 0.2) is 0 Å². The van der Waals surface area contributed by atoms with Crippen molar-refractivity contribution in [3.63, 3.8) is 0 Å². The summed E-state index contributed by atoms with van der Waals surface area (Å²) in [6, 6.07) is 5.22. The molecule has 130 valence electrons. The minimum absolute atomic E-state index is 0. The van der Waals surface area contributed by atoms with E-state index in [1.807, 2.05) is 0 Å². The lowest BCUT2D eigenvalue weighted by Crippen LogP contribution is -2.40.